The average Bonchev–Trinajstić information content (AvgIpc) is 3.28. The van der Waals surface area contributed by atoms with E-state index in [1.807, 2.05) is 19.0 Å². The molecule has 0 spiro atoms. The fraction of sp³-hybridized carbons (Fsp3) is 0.471. The summed E-state index contributed by atoms with van der Waals surface area (Å²) in [6.07, 6.45) is 0.588. The van der Waals surface area contributed by atoms with Crippen molar-refractivity contribution >= 4 is 23.3 Å². The lowest BCUT2D eigenvalue weighted by Gasteiger charge is -2.10. The Morgan fingerprint density at radius 2 is 1.70 bits per heavy atom. The largest absolute Gasteiger partial charge is 0.355 e. The number of carbonyl (C=O) groups excluding carboxylic acids is 3. The second-order valence-corrected chi connectivity index (χ2v) is 6.17. The van der Waals surface area contributed by atoms with Gasteiger partial charge in [-0.3, -0.25) is 14.4 Å². The van der Waals surface area contributed by atoms with Crippen LogP contribution in [0.4, 0.5) is 5.69 Å². The maximum Gasteiger partial charge on any atom is 0.228 e. The fourth-order valence-corrected chi connectivity index (χ4v) is 2.33. The lowest BCUT2D eigenvalue weighted by atomic mass is 10.1. The highest BCUT2D eigenvalue weighted by Crippen LogP contribution is 2.39. The smallest absolute Gasteiger partial charge is 0.228 e. The molecular formula is C17H23N3O3. The van der Waals surface area contributed by atoms with Crippen molar-refractivity contribution in [3.63, 3.8) is 0 Å². The first kappa shape index (κ1) is 17.1. The second-order valence-electron chi connectivity index (χ2n) is 6.17. The molecular weight excluding hydrogens is 294 g/mol. The van der Waals surface area contributed by atoms with Crippen LogP contribution in [-0.4, -0.2) is 49.7 Å². The summed E-state index contributed by atoms with van der Waals surface area (Å²) < 4.78 is 0. The summed E-state index contributed by atoms with van der Waals surface area (Å²) in [6.45, 7) is 2.86. The highest BCUT2D eigenvalue weighted by Gasteiger charge is 2.47. The van der Waals surface area contributed by atoms with E-state index in [9.17, 15) is 14.4 Å². The van der Waals surface area contributed by atoms with E-state index >= 15 is 0 Å². The van der Waals surface area contributed by atoms with Crippen LogP contribution in [0.3, 0.4) is 0 Å². The minimum atomic E-state index is -0.262. The summed E-state index contributed by atoms with van der Waals surface area (Å²) in [5.41, 5.74) is 1.24. The molecule has 6 heteroatoms. The molecule has 1 aromatic rings. The molecule has 2 unspecified atom stereocenters. The summed E-state index contributed by atoms with van der Waals surface area (Å²) in [5.74, 6) is -0.706. The molecule has 1 aromatic carbocycles. The van der Waals surface area contributed by atoms with E-state index < -0.39 is 0 Å². The first-order valence-electron chi connectivity index (χ1n) is 7.73. The van der Waals surface area contributed by atoms with E-state index in [1.54, 1.807) is 24.3 Å². The summed E-state index contributed by atoms with van der Waals surface area (Å²) in [5, 5.41) is 5.64. The Hall–Kier alpha value is -2.21. The van der Waals surface area contributed by atoms with Gasteiger partial charge in [-0.25, -0.2) is 0 Å². The minimum Gasteiger partial charge on any atom is -0.355 e. The number of Topliss-reactive ketones (excluding diaryl/α,β-unsaturated/α-hetero) is 1. The van der Waals surface area contributed by atoms with Crippen molar-refractivity contribution in [3.05, 3.63) is 29.8 Å². The fourth-order valence-electron chi connectivity index (χ4n) is 2.33. The van der Waals surface area contributed by atoms with Gasteiger partial charge in [0.05, 0.1) is 11.8 Å². The summed E-state index contributed by atoms with van der Waals surface area (Å²) >= 11 is 0. The molecule has 2 N–H and O–H groups in total. The van der Waals surface area contributed by atoms with Crippen molar-refractivity contribution in [2.45, 2.75) is 13.3 Å². The van der Waals surface area contributed by atoms with E-state index in [-0.39, 0.29) is 29.4 Å². The third kappa shape index (κ3) is 4.89. The topological polar surface area (TPSA) is 78.5 Å². The van der Waals surface area contributed by atoms with Gasteiger partial charge in [-0.2, -0.15) is 0 Å². The number of nitrogens with zero attached hydrogens (tertiary/aromatic N) is 1. The van der Waals surface area contributed by atoms with Crippen molar-refractivity contribution < 1.29 is 14.4 Å². The quantitative estimate of drug-likeness (QED) is 0.739. The van der Waals surface area contributed by atoms with Crippen LogP contribution in [0.25, 0.3) is 0 Å². The predicted molar refractivity (Wildman–Crippen MR) is 88.2 cm³/mol. The maximum atomic E-state index is 12.1. The molecule has 1 fully saturated rings. The standard InChI is InChI=1S/C17H23N3O3/c1-11(21)12-4-6-13(7-5-12)19-17(23)15-10-14(15)16(22)18-8-9-20(2)3/h4-7,14-15H,8-10H2,1-3H3,(H,18,22)(H,19,23). The molecule has 0 heterocycles. The van der Waals surface area contributed by atoms with Crippen molar-refractivity contribution in [1.82, 2.24) is 10.2 Å². The van der Waals surface area contributed by atoms with Gasteiger partial charge in [0, 0.05) is 24.3 Å². The number of benzene rings is 1. The zero-order chi connectivity index (χ0) is 17.0. The first-order chi connectivity index (χ1) is 10.9. The van der Waals surface area contributed by atoms with Gasteiger partial charge in [0.25, 0.3) is 0 Å². The van der Waals surface area contributed by atoms with Gasteiger partial charge < -0.3 is 15.5 Å². The van der Waals surface area contributed by atoms with Crippen LogP contribution in [0.1, 0.15) is 23.7 Å². The summed E-state index contributed by atoms with van der Waals surface area (Å²) in [6, 6.07) is 6.75. The lowest BCUT2D eigenvalue weighted by Crippen LogP contribution is -2.33. The SMILES string of the molecule is CC(=O)c1ccc(NC(=O)C2CC2C(=O)NCCN(C)C)cc1. The summed E-state index contributed by atoms with van der Waals surface area (Å²) in [4.78, 5) is 37.2. The normalized spacial score (nSPS) is 19.3. The van der Waals surface area contributed by atoms with Gasteiger partial charge in [-0.15, -0.1) is 0 Å². The number of hydrogen-bond acceptors (Lipinski definition) is 4. The van der Waals surface area contributed by atoms with E-state index in [1.165, 1.54) is 6.92 Å². The summed E-state index contributed by atoms with van der Waals surface area (Å²) in [7, 11) is 3.88. The molecule has 1 aliphatic carbocycles. The Labute approximate surface area is 136 Å². The van der Waals surface area contributed by atoms with E-state index in [2.05, 4.69) is 10.6 Å². The Morgan fingerprint density at radius 1 is 1.09 bits per heavy atom. The number of likely N-dealkylation sites (N-methyl/N-ethyl adjacent to an activating group) is 1. The third-order valence-corrected chi connectivity index (χ3v) is 3.88. The number of anilines is 1. The number of hydrogen-bond donors (Lipinski definition) is 2. The molecule has 2 rings (SSSR count). The van der Waals surface area contributed by atoms with Crippen LogP contribution in [0.5, 0.6) is 0 Å². The molecule has 2 atom stereocenters. The molecule has 2 amide bonds. The molecule has 0 radical (unpaired) electrons. The molecule has 1 aliphatic rings. The van der Waals surface area contributed by atoms with Gasteiger partial charge >= 0.3 is 0 Å². The van der Waals surface area contributed by atoms with Crippen LogP contribution in [0, 0.1) is 11.8 Å². The number of amides is 2. The number of nitrogens with one attached hydrogen (secondary N) is 2. The van der Waals surface area contributed by atoms with Crippen molar-refractivity contribution in [3.8, 4) is 0 Å². The average molecular weight is 317 g/mol. The Morgan fingerprint density at radius 3 is 2.26 bits per heavy atom. The Bertz CT molecular complexity index is 596. The van der Waals surface area contributed by atoms with Gasteiger partial charge in [0.1, 0.15) is 0 Å². The van der Waals surface area contributed by atoms with Crippen molar-refractivity contribution in [2.75, 3.05) is 32.5 Å². The van der Waals surface area contributed by atoms with Crippen LogP contribution in [0.2, 0.25) is 0 Å². The van der Waals surface area contributed by atoms with E-state index in [4.69, 9.17) is 0 Å². The molecule has 0 aromatic heterocycles. The predicted octanol–water partition coefficient (Wildman–Crippen LogP) is 1.14. The molecule has 0 bridgehead atoms. The molecule has 0 aliphatic heterocycles. The third-order valence-electron chi connectivity index (χ3n) is 3.88. The highest BCUT2D eigenvalue weighted by molar-refractivity contribution is 6.00. The number of rotatable bonds is 7. The first-order valence-corrected chi connectivity index (χ1v) is 7.73. The highest BCUT2D eigenvalue weighted by atomic mass is 16.2. The zero-order valence-electron chi connectivity index (χ0n) is 13.8. The Kier molecular flexibility index (Phi) is 5.50. The van der Waals surface area contributed by atoms with Crippen LogP contribution >= 0.6 is 0 Å². The number of ketones is 1. The molecule has 124 valence electrons. The molecule has 0 saturated heterocycles. The van der Waals surface area contributed by atoms with Gasteiger partial charge in [-0.05, 0) is 51.7 Å². The van der Waals surface area contributed by atoms with Gasteiger partial charge in [-0.1, -0.05) is 0 Å². The van der Waals surface area contributed by atoms with Crippen LogP contribution in [0.15, 0.2) is 24.3 Å². The molecule has 6 nitrogen and oxygen atoms in total. The Balaban J connectivity index is 1.79. The molecule has 23 heavy (non-hydrogen) atoms. The molecule has 1 saturated carbocycles. The van der Waals surface area contributed by atoms with E-state index in [0.717, 1.165) is 6.54 Å². The van der Waals surface area contributed by atoms with Gasteiger partial charge in [0.2, 0.25) is 11.8 Å². The maximum absolute atomic E-state index is 12.1. The lowest BCUT2D eigenvalue weighted by molar-refractivity contribution is -0.125. The van der Waals surface area contributed by atoms with E-state index in [0.29, 0.717) is 24.2 Å². The van der Waals surface area contributed by atoms with Crippen molar-refractivity contribution in [2.24, 2.45) is 11.8 Å². The zero-order valence-corrected chi connectivity index (χ0v) is 13.8. The van der Waals surface area contributed by atoms with Crippen LogP contribution in [-0.2, 0) is 9.59 Å². The number of carbonyl (C=O) groups is 3. The minimum absolute atomic E-state index is 0.0143. The monoisotopic (exact) mass is 317 g/mol. The second kappa shape index (κ2) is 7.37. The van der Waals surface area contributed by atoms with Gasteiger partial charge in [0.15, 0.2) is 5.78 Å². The van der Waals surface area contributed by atoms with Crippen molar-refractivity contribution in [1.29, 1.82) is 0 Å². The van der Waals surface area contributed by atoms with Crippen LogP contribution < -0.4 is 10.6 Å².